The molecule has 16 heavy (non-hydrogen) atoms. The zero-order valence-corrected chi connectivity index (χ0v) is 10.6. The SMILES string of the molecule is CC1(CNC(=O)c2c(F)cccc2Br)CC1. The van der Waals surface area contributed by atoms with Crippen molar-refractivity contribution in [2.75, 3.05) is 6.54 Å². The van der Waals surface area contributed by atoms with E-state index in [4.69, 9.17) is 0 Å². The molecule has 2 rings (SSSR count). The maximum absolute atomic E-state index is 13.4. The smallest absolute Gasteiger partial charge is 0.255 e. The van der Waals surface area contributed by atoms with Gasteiger partial charge in [-0.2, -0.15) is 0 Å². The van der Waals surface area contributed by atoms with Crippen LogP contribution in [0.15, 0.2) is 22.7 Å². The summed E-state index contributed by atoms with van der Waals surface area (Å²) < 4.78 is 13.9. The predicted molar refractivity (Wildman–Crippen MR) is 63.8 cm³/mol. The molecule has 1 aliphatic rings. The Morgan fingerprint density at radius 1 is 1.56 bits per heavy atom. The second-order valence-electron chi connectivity index (χ2n) is 4.59. The molecule has 1 amide bonds. The standard InChI is InChI=1S/C12H13BrFNO/c1-12(5-6-12)7-15-11(16)10-8(13)3-2-4-9(10)14/h2-4H,5-7H2,1H3,(H,15,16). The molecule has 86 valence electrons. The Balaban J connectivity index is 2.08. The molecule has 1 saturated carbocycles. The quantitative estimate of drug-likeness (QED) is 0.908. The first-order valence-corrected chi connectivity index (χ1v) is 6.03. The third kappa shape index (κ3) is 2.43. The minimum absolute atomic E-state index is 0.0896. The Hall–Kier alpha value is -0.900. The lowest BCUT2D eigenvalue weighted by Gasteiger charge is -2.11. The minimum atomic E-state index is -0.493. The van der Waals surface area contributed by atoms with Crippen LogP contribution in [-0.4, -0.2) is 12.5 Å². The van der Waals surface area contributed by atoms with E-state index in [0.717, 1.165) is 12.8 Å². The van der Waals surface area contributed by atoms with Gasteiger partial charge >= 0.3 is 0 Å². The third-order valence-corrected chi connectivity index (χ3v) is 3.63. The average molecular weight is 286 g/mol. The molecule has 0 atom stereocenters. The lowest BCUT2D eigenvalue weighted by molar-refractivity contribution is 0.0941. The number of halogens is 2. The summed E-state index contributed by atoms with van der Waals surface area (Å²) >= 11 is 3.18. The van der Waals surface area contributed by atoms with Crippen LogP contribution in [0.2, 0.25) is 0 Å². The number of carbonyl (C=O) groups is 1. The van der Waals surface area contributed by atoms with E-state index in [1.54, 1.807) is 12.1 Å². The maximum atomic E-state index is 13.4. The number of amides is 1. The molecular weight excluding hydrogens is 273 g/mol. The van der Waals surface area contributed by atoms with Gasteiger partial charge in [-0.1, -0.05) is 13.0 Å². The Morgan fingerprint density at radius 2 is 2.25 bits per heavy atom. The Kier molecular flexibility index (Phi) is 3.02. The third-order valence-electron chi connectivity index (χ3n) is 2.97. The van der Waals surface area contributed by atoms with Crippen molar-refractivity contribution in [3.8, 4) is 0 Å². The van der Waals surface area contributed by atoms with E-state index >= 15 is 0 Å². The highest BCUT2D eigenvalue weighted by Gasteiger charge is 2.37. The number of hydrogen-bond donors (Lipinski definition) is 1. The van der Waals surface area contributed by atoms with Gasteiger partial charge in [-0.25, -0.2) is 4.39 Å². The predicted octanol–water partition coefficient (Wildman–Crippen LogP) is 3.12. The molecular formula is C12H13BrFNO. The number of rotatable bonds is 3. The first-order chi connectivity index (χ1) is 7.52. The summed E-state index contributed by atoms with van der Waals surface area (Å²) in [7, 11) is 0. The van der Waals surface area contributed by atoms with Crippen LogP contribution in [0.5, 0.6) is 0 Å². The van der Waals surface area contributed by atoms with Gasteiger partial charge in [0, 0.05) is 11.0 Å². The van der Waals surface area contributed by atoms with Crippen LogP contribution >= 0.6 is 15.9 Å². The van der Waals surface area contributed by atoms with Crippen molar-refractivity contribution in [3.05, 3.63) is 34.1 Å². The van der Waals surface area contributed by atoms with Gasteiger partial charge < -0.3 is 5.32 Å². The molecule has 1 aromatic rings. The second-order valence-corrected chi connectivity index (χ2v) is 5.44. The molecule has 0 heterocycles. The van der Waals surface area contributed by atoms with Crippen LogP contribution in [-0.2, 0) is 0 Å². The molecule has 4 heteroatoms. The van der Waals surface area contributed by atoms with Gasteiger partial charge in [0.25, 0.3) is 5.91 Å². The van der Waals surface area contributed by atoms with E-state index in [2.05, 4.69) is 28.2 Å². The van der Waals surface area contributed by atoms with Crippen molar-refractivity contribution in [2.45, 2.75) is 19.8 Å². The van der Waals surface area contributed by atoms with Crippen molar-refractivity contribution in [3.63, 3.8) is 0 Å². The van der Waals surface area contributed by atoms with Gasteiger partial charge in [-0.05, 0) is 46.3 Å². The molecule has 0 aromatic heterocycles. The van der Waals surface area contributed by atoms with Crippen molar-refractivity contribution < 1.29 is 9.18 Å². The van der Waals surface area contributed by atoms with Crippen LogP contribution in [0.4, 0.5) is 4.39 Å². The van der Waals surface area contributed by atoms with E-state index in [1.165, 1.54) is 6.07 Å². The van der Waals surface area contributed by atoms with Crippen molar-refractivity contribution in [1.29, 1.82) is 0 Å². The molecule has 2 nitrogen and oxygen atoms in total. The molecule has 1 aliphatic carbocycles. The Bertz CT molecular complexity index is 409. The van der Waals surface area contributed by atoms with Gasteiger partial charge in [-0.15, -0.1) is 0 Å². The van der Waals surface area contributed by atoms with Crippen molar-refractivity contribution in [2.24, 2.45) is 5.41 Å². The fourth-order valence-corrected chi connectivity index (χ4v) is 2.01. The fraction of sp³-hybridized carbons (Fsp3) is 0.417. The van der Waals surface area contributed by atoms with Gasteiger partial charge in [-0.3, -0.25) is 4.79 Å². The van der Waals surface area contributed by atoms with Crippen LogP contribution in [0, 0.1) is 11.2 Å². The molecule has 0 saturated heterocycles. The summed E-state index contributed by atoms with van der Waals surface area (Å²) in [5, 5.41) is 2.77. The second kappa shape index (κ2) is 4.17. The van der Waals surface area contributed by atoms with E-state index < -0.39 is 5.82 Å². The van der Waals surface area contributed by atoms with Gasteiger partial charge in [0.2, 0.25) is 0 Å². The molecule has 0 radical (unpaired) electrons. The monoisotopic (exact) mass is 285 g/mol. The van der Waals surface area contributed by atoms with Crippen LogP contribution in [0.3, 0.4) is 0 Å². The maximum Gasteiger partial charge on any atom is 0.255 e. The fourth-order valence-electron chi connectivity index (χ4n) is 1.49. The molecule has 0 spiro atoms. The molecule has 1 N–H and O–H groups in total. The Morgan fingerprint density at radius 3 is 2.81 bits per heavy atom. The summed E-state index contributed by atoms with van der Waals surface area (Å²) in [6, 6.07) is 4.52. The van der Waals surface area contributed by atoms with Gasteiger partial charge in [0.1, 0.15) is 5.82 Å². The molecule has 1 fully saturated rings. The van der Waals surface area contributed by atoms with Crippen LogP contribution in [0.1, 0.15) is 30.1 Å². The van der Waals surface area contributed by atoms with E-state index in [9.17, 15) is 9.18 Å². The number of benzene rings is 1. The summed E-state index contributed by atoms with van der Waals surface area (Å²) in [5.74, 6) is -0.842. The lowest BCUT2D eigenvalue weighted by atomic mass is 10.1. The van der Waals surface area contributed by atoms with Crippen molar-refractivity contribution >= 4 is 21.8 Å². The number of carbonyl (C=O) groups excluding carboxylic acids is 1. The largest absolute Gasteiger partial charge is 0.351 e. The summed E-state index contributed by atoms with van der Waals surface area (Å²) in [6.07, 6.45) is 2.26. The zero-order valence-electron chi connectivity index (χ0n) is 9.02. The summed E-state index contributed by atoms with van der Waals surface area (Å²) in [5.41, 5.74) is 0.319. The molecule has 0 aliphatic heterocycles. The molecule has 1 aromatic carbocycles. The summed E-state index contributed by atoms with van der Waals surface area (Å²) in [6.45, 7) is 2.73. The zero-order chi connectivity index (χ0) is 11.8. The van der Waals surface area contributed by atoms with Crippen LogP contribution < -0.4 is 5.32 Å². The first-order valence-electron chi connectivity index (χ1n) is 5.24. The average Bonchev–Trinajstić information content (AvgIpc) is 2.94. The Labute approximate surface area is 102 Å². The van der Waals surface area contributed by atoms with Gasteiger partial charge in [0.15, 0.2) is 0 Å². The topological polar surface area (TPSA) is 29.1 Å². The molecule has 0 unspecified atom stereocenters. The normalized spacial score (nSPS) is 16.9. The highest BCUT2D eigenvalue weighted by molar-refractivity contribution is 9.10. The van der Waals surface area contributed by atoms with E-state index in [-0.39, 0.29) is 16.9 Å². The van der Waals surface area contributed by atoms with E-state index in [0.29, 0.717) is 11.0 Å². The van der Waals surface area contributed by atoms with Crippen molar-refractivity contribution in [1.82, 2.24) is 5.32 Å². The lowest BCUT2D eigenvalue weighted by Crippen LogP contribution is -2.29. The van der Waals surface area contributed by atoms with Crippen LogP contribution in [0.25, 0.3) is 0 Å². The van der Waals surface area contributed by atoms with Gasteiger partial charge in [0.05, 0.1) is 5.56 Å². The number of nitrogens with one attached hydrogen (secondary N) is 1. The number of hydrogen-bond acceptors (Lipinski definition) is 1. The summed E-state index contributed by atoms with van der Waals surface area (Å²) in [4.78, 5) is 11.8. The minimum Gasteiger partial charge on any atom is -0.351 e. The molecule has 0 bridgehead atoms. The highest BCUT2D eigenvalue weighted by Crippen LogP contribution is 2.44. The van der Waals surface area contributed by atoms with E-state index in [1.807, 2.05) is 0 Å². The first kappa shape index (κ1) is 11.6. The highest BCUT2D eigenvalue weighted by atomic mass is 79.9.